The Morgan fingerprint density at radius 1 is 0.102 bits per heavy atom. The van der Waals surface area contributed by atoms with Crippen molar-refractivity contribution in [2.24, 2.45) is 0 Å². The summed E-state index contributed by atoms with van der Waals surface area (Å²) in [4.78, 5) is 25.6. The minimum Gasteiger partial charge on any atom is -0.228 e. The molecule has 502 valence electrons. The molecule has 0 N–H and O–H groups in total. The maximum absolute atomic E-state index is 5.36. The van der Waals surface area contributed by atoms with Crippen LogP contribution in [0.5, 0.6) is 0 Å². The van der Waals surface area contributed by atoms with Gasteiger partial charge in [0.25, 0.3) is 0 Å². The van der Waals surface area contributed by atoms with Crippen molar-refractivity contribution in [1.29, 1.82) is 0 Å². The zero-order chi connectivity index (χ0) is 71.4. The van der Waals surface area contributed by atoms with Crippen LogP contribution in [0.1, 0.15) is 0 Å². The third-order valence-corrected chi connectivity index (χ3v) is 21.3. The Kier molecular flexibility index (Phi) is 15.8. The number of aromatic nitrogens is 5. The van der Waals surface area contributed by atoms with Crippen LogP contribution in [0.4, 0.5) is 0 Å². The predicted molar refractivity (Wildman–Crippen MR) is 451 cm³/mol. The smallest absolute Gasteiger partial charge is 0.164 e. The van der Waals surface area contributed by atoms with Crippen molar-refractivity contribution in [2.75, 3.05) is 0 Å². The highest BCUT2D eigenvalue weighted by Gasteiger charge is 2.19. The highest BCUT2D eigenvalue weighted by Crippen LogP contribution is 2.43. The molecule has 0 aliphatic rings. The van der Waals surface area contributed by atoms with Crippen LogP contribution >= 0.6 is 0 Å². The van der Waals surface area contributed by atoms with E-state index in [0.29, 0.717) is 23.3 Å². The van der Waals surface area contributed by atoms with Crippen LogP contribution in [0, 0.1) is 0 Å². The van der Waals surface area contributed by atoms with Gasteiger partial charge in [0.15, 0.2) is 23.3 Å². The zero-order valence-corrected chi connectivity index (χ0v) is 58.8. The normalized spacial score (nSPS) is 11.5. The molecule has 5 heteroatoms. The zero-order valence-electron chi connectivity index (χ0n) is 58.8. The van der Waals surface area contributed by atoms with Crippen molar-refractivity contribution in [3.63, 3.8) is 0 Å². The van der Waals surface area contributed by atoms with Gasteiger partial charge in [0.1, 0.15) is 0 Å². The second-order valence-corrected chi connectivity index (χ2v) is 27.8. The monoisotopic (exact) mass is 1370 g/mol. The lowest BCUT2D eigenvalue weighted by atomic mass is 9.90. The van der Waals surface area contributed by atoms with E-state index in [1.54, 1.807) is 0 Å². The fraction of sp³-hybridized carbons (Fsp3) is 0. The van der Waals surface area contributed by atoms with E-state index in [2.05, 4.69) is 328 Å². The molecule has 0 unspecified atom stereocenters. The van der Waals surface area contributed by atoms with Crippen LogP contribution in [-0.2, 0) is 0 Å². The Morgan fingerprint density at radius 2 is 0.296 bits per heavy atom. The molecule has 0 bridgehead atoms. The first-order chi connectivity index (χ1) is 53.5. The van der Waals surface area contributed by atoms with Crippen LogP contribution in [0.25, 0.3) is 211 Å². The molecule has 2 aromatic heterocycles. The number of hydrogen-bond acceptors (Lipinski definition) is 5. The minimum atomic E-state index is 0.627. The van der Waals surface area contributed by atoms with Gasteiger partial charge in [-0.25, -0.2) is 24.9 Å². The van der Waals surface area contributed by atoms with Gasteiger partial charge < -0.3 is 0 Å². The van der Waals surface area contributed by atoms with Crippen molar-refractivity contribution in [3.05, 3.63) is 394 Å². The highest BCUT2D eigenvalue weighted by molar-refractivity contribution is 6.27. The van der Waals surface area contributed by atoms with Crippen molar-refractivity contribution < 1.29 is 0 Å². The van der Waals surface area contributed by atoms with Gasteiger partial charge >= 0.3 is 0 Å². The lowest BCUT2D eigenvalue weighted by Crippen LogP contribution is -2.00. The molecule has 0 spiro atoms. The molecule has 0 fully saturated rings. The molecule has 0 saturated carbocycles. The number of hydrogen-bond donors (Lipinski definition) is 0. The summed E-state index contributed by atoms with van der Waals surface area (Å²) in [7, 11) is 0. The summed E-state index contributed by atoms with van der Waals surface area (Å²) in [5.74, 6) is 2.57. The number of rotatable bonds is 13. The first kappa shape index (κ1) is 63.3. The Bertz CT molecular complexity index is 6800. The average Bonchev–Trinajstić information content (AvgIpc) is 0.767. The fourth-order valence-corrected chi connectivity index (χ4v) is 15.8. The molecule has 108 heavy (non-hydrogen) atoms. The van der Waals surface area contributed by atoms with Crippen LogP contribution in [0.2, 0.25) is 0 Å². The number of nitrogens with zero attached hydrogens (tertiary/aromatic N) is 5. The third kappa shape index (κ3) is 11.9. The van der Waals surface area contributed by atoms with E-state index >= 15 is 0 Å². The molecule has 2 heterocycles. The van der Waals surface area contributed by atoms with Gasteiger partial charge in [0.05, 0.1) is 11.4 Å². The summed E-state index contributed by atoms with van der Waals surface area (Å²) in [5, 5.41) is 15.0. The van der Waals surface area contributed by atoms with Gasteiger partial charge in [-0.1, -0.05) is 334 Å². The van der Waals surface area contributed by atoms with E-state index in [1.165, 1.54) is 75.8 Å². The molecule has 0 saturated heterocycles. The van der Waals surface area contributed by atoms with E-state index in [-0.39, 0.29) is 0 Å². The van der Waals surface area contributed by atoms with Crippen molar-refractivity contribution >= 4 is 64.6 Å². The molecule has 0 aliphatic carbocycles. The molecule has 0 aliphatic heterocycles. The van der Waals surface area contributed by atoms with E-state index in [0.717, 1.165) is 112 Å². The van der Waals surface area contributed by atoms with Gasteiger partial charge in [0, 0.05) is 33.4 Å². The van der Waals surface area contributed by atoms with Gasteiger partial charge in [-0.05, 0) is 203 Å². The van der Waals surface area contributed by atoms with Crippen molar-refractivity contribution in [2.45, 2.75) is 0 Å². The third-order valence-electron chi connectivity index (χ3n) is 21.3. The van der Waals surface area contributed by atoms with E-state index in [4.69, 9.17) is 24.9 Å². The molecular formula is C103H65N5. The molecule has 20 aromatic rings. The molecule has 5 nitrogen and oxygen atoms in total. The highest BCUT2D eigenvalue weighted by atomic mass is 15.0. The second kappa shape index (κ2) is 27.0. The Hall–Kier alpha value is -14.4. The lowest BCUT2D eigenvalue weighted by Gasteiger charge is -2.14. The molecule has 0 radical (unpaired) electrons. The average molecular weight is 1370 g/mol. The SMILES string of the molecule is c1ccc(-c2cc(-c3ccc(-c4ccc5c6ccc(-c7cccc(-c8cccc(-c9cccc(-c%10nc(-c%11ccccc%11)nc(-c%11ccccc%11)n%10)c9)c8)c7)cc6c6ccccc6c5c4)cc3)nc(-c3cccc(-c4cccc(-c5cccc(-c6ccc7c8ccccc8c8ccccc8c7c6)c5)c4)c3)n2)cc1. The number of benzene rings is 18. The fourth-order valence-electron chi connectivity index (χ4n) is 15.8. The summed E-state index contributed by atoms with van der Waals surface area (Å²) in [5.41, 5.74) is 23.5. The van der Waals surface area contributed by atoms with Gasteiger partial charge in [-0.15, -0.1) is 0 Å². The summed E-state index contributed by atoms with van der Waals surface area (Å²) in [6, 6.07) is 142. The van der Waals surface area contributed by atoms with E-state index in [1.807, 2.05) is 66.7 Å². The van der Waals surface area contributed by atoms with Crippen LogP contribution < -0.4 is 0 Å². The largest absolute Gasteiger partial charge is 0.228 e. The van der Waals surface area contributed by atoms with Crippen LogP contribution in [-0.4, -0.2) is 24.9 Å². The molecule has 0 amide bonds. The second-order valence-electron chi connectivity index (χ2n) is 27.8. The summed E-state index contributed by atoms with van der Waals surface area (Å²) in [6.07, 6.45) is 0. The maximum atomic E-state index is 5.36. The Morgan fingerprint density at radius 3 is 0.620 bits per heavy atom. The van der Waals surface area contributed by atoms with Crippen molar-refractivity contribution in [3.8, 4) is 146 Å². The van der Waals surface area contributed by atoms with E-state index < -0.39 is 0 Å². The molecule has 20 rings (SSSR count). The van der Waals surface area contributed by atoms with Gasteiger partial charge in [-0.3, -0.25) is 0 Å². The first-order valence-corrected chi connectivity index (χ1v) is 36.7. The summed E-state index contributed by atoms with van der Waals surface area (Å²) < 4.78 is 0. The summed E-state index contributed by atoms with van der Waals surface area (Å²) >= 11 is 0. The Balaban J connectivity index is 0.577. The quantitative estimate of drug-likeness (QED) is 0.108. The Labute approximate surface area is 625 Å². The topological polar surface area (TPSA) is 64.5 Å². The molecular weight excluding hydrogens is 1310 g/mol. The predicted octanol–water partition coefficient (Wildman–Crippen LogP) is 27.3. The minimum absolute atomic E-state index is 0.627. The molecule has 0 atom stereocenters. The van der Waals surface area contributed by atoms with Crippen LogP contribution in [0.3, 0.4) is 0 Å². The van der Waals surface area contributed by atoms with Crippen LogP contribution in [0.15, 0.2) is 394 Å². The lowest BCUT2D eigenvalue weighted by molar-refractivity contribution is 1.07. The van der Waals surface area contributed by atoms with E-state index in [9.17, 15) is 0 Å². The molecule has 18 aromatic carbocycles. The van der Waals surface area contributed by atoms with Crippen molar-refractivity contribution in [1.82, 2.24) is 24.9 Å². The van der Waals surface area contributed by atoms with Gasteiger partial charge in [0.2, 0.25) is 0 Å². The first-order valence-electron chi connectivity index (χ1n) is 36.7. The maximum Gasteiger partial charge on any atom is 0.164 e. The van der Waals surface area contributed by atoms with Gasteiger partial charge in [-0.2, -0.15) is 0 Å². The number of fused-ring (bicyclic) bond motifs is 12. The summed E-state index contributed by atoms with van der Waals surface area (Å²) in [6.45, 7) is 0. The standard InChI is InChI=1S/C103H65N5/c1-4-22-67(23-5-1)98-65-99(105-102(104-98)84-38-20-36-79(60-84)75-32-16-28-71(56-75)73-30-18-34-77(58-73)82-51-54-92-88-42-11-10-40-86(88)87-41-12-13-43-89(87)96(92)63-82)68-48-46-66(47-49-68)81-50-53-93-94-55-52-83(64-97(94)91-45-15-14-44-90(91)95(93)62-81)78-35-19-31-74(59-78)72-29-17-33-76(57-72)80-37-21-39-85(61-80)103-107-100(69-24-6-2-7-25-69)106-101(108-103)70-26-8-3-9-27-70/h1-65H.